The van der Waals surface area contributed by atoms with Gasteiger partial charge in [-0.25, -0.2) is 8.42 Å². The van der Waals surface area contributed by atoms with Crippen molar-refractivity contribution >= 4 is 20.9 Å². The van der Waals surface area contributed by atoms with E-state index < -0.39 is 9.84 Å². The normalized spacial score (nSPS) is 11.5. The number of hydrogen-bond donors (Lipinski definition) is 0. The van der Waals surface area contributed by atoms with Gasteiger partial charge in [0, 0.05) is 29.6 Å². The fourth-order valence-electron chi connectivity index (χ4n) is 3.43. The van der Waals surface area contributed by atoms with Crippen molar-refractivity contribution in [3.8, 4) is 39.7 Å². The summed E-state index contributed by atoms with van der Waals surface area (Å²) in [7, 11) is 1.31. The van der Waals surface area contributed by atoms with Crippen molar-refractivity contribution in [3.05, 3.63) is 54.7 Å². The standard InChI is InChI=1S/C23H21NO6S/c1-27-20-11-15(12-21(28-2)23(20)29-3)19-13-18-22(30-19)17(8-9-24-18)14-6-5-7-16(10-14)31(4,25)26/h5-13H,1-4H3. The van der Waals surface area contributed by atoms with Gasteiger partial charge < -0.3 is 18.6 Å². The van der Waals surface area contributed by atoms with Gasteiger partial charge in [-0.05, 0) is 35.9 Å². The summed E-state index contributed by atoms with van der Waals surface area (Å²) in [6.07, 6.45) is 2.85. The van der Waals surface area contributed by atoms with Crippen LogP contribution in [0.25, 0.3) is 33.6 Å². The smallest absolute Gasteiger partial charge is 0.203 e. The molecule has 4 aromatic rings. The summed E-state index contributed by atoms with van der Waals surface area (Å²) < 4.78 is 46.4. The summed E-state index contributed by atoms with van der Waals surface area (Å²) in [5.41, 5.74) is 3.39. The maximum absolute atomic E-state index is 12.0. The van der Waals surface area contributed by atoms with Crippen LogP contribution in [0.3, 0.4) is 0 Å². The second-order valence-electron chi connectivity index (χ2n) is 6.90. The quantitative estimate of drug-likeness (QED) is 0.434. The van der Waals surface area contributed by atoms with Crippen molar-refractivity contribution in [2.45, 2.75) is 4.90 Å². The second kappa shape index (κ2) is 7.96. The van der Waals surface area contributed by atoms with Crippen LogP contribution in [0.2, 0.25) is 0 Å². The first kappa shape index (κ1) is 20.7. The third kappa shape index (κ3) is 3.82. The third-order valence-corrected chi connectivity index (χ3v) is 6.04. The van der Waals surface area contributed by atoms with Gasteiger partial charge in [0.05, 0.1) is 26.2 Å². The highest BCUT2D eigenvalue weighted by molar-refractivity contribution is 7.90. The Bertz CT molecular complexity index is 1350. The molecule has 0 N–H and O–H groups in total. The molecule has 0 bridgehead atoms. The number of rotatable bonds is 6. The van der Waals surface area contributed by atoms with Crippen LogP contribution in [-0.2, 0) is 9.84 Å². The van der Waals surface area contributed by atoms with Crippen molar-refractivity contribution in [1.82, 2.24) is 4.98 Å². The molecule has 31 heavy (non-hydrogen) atoms. The number of ether oxygens (including phenoxy) is 3. The lowest BCUT2D eigenvalue weighted by atomic mass is 10.1. The summed E-state index contributed by atoms with van der Waals surface area (Å²) in [6, 6.07) is 14.0. The van der Waals surface area contributed by atoms with Gasteiger partial charge in [0.2, 0.25) is 5.75 Å². The molecule has 0 unspecified atom stereocenters. The van der Waals surface area contributed by atoms with Crippen LogP contribution in [0.5, 0.6) is 17.2 Å². The lowest BCUT2D eigenvalue weighted by Gasteiger charge is -2.13. The maximum atomic E-state index is 12.0. The van der Waals surface area contributed by atoms with E-state index in [1.54, 1.807) is 63.9 Å². The number of hydrogen-bond acceptors (Lipinski definition) is 7. The van der Waals surface area contributed by atoms with Crippen molar-refractivity contribution in [1.29, 1.82) is 0 Å². The van der Waals surface area contributed by atoms with Crippen LogP contribution in [0.15, 0.2) is 64.0 Å². The van der Waals surface area contributed by atoms with Gasteiger partial charge in [-0.2, -0.15) is 0 Å². The fraction of sp³-hybridized carbons (Fsp3) is 0.174. The highest BCUT2D eigenvalue weighted by Gasteiger charge is 2.18. The summed E-state index contributed by atoms with van der Waals surface area (Å²) in [5, 5.41) is 0. The topological polar surface area (TPSA) is 87.9 Å². The Morgan fingerprint density at radius 2 is 1.58 bits per heavy atom. The molecule has 2 aromatic carbocycles. The molecule has 7 nitrogen and oxygen atoms in total. The van der Waals surface area contributed by atoms with Crippen molar-refractivity contribution in [3.63, 3.8) is 0 Å². The largest absolute Gasteiger partial charge is 0.493 e. The molecule has 0 saturated carbocycles. The molecule has 2 heterocycles. The van der Waals surface area contributed by atoms with Gasteiger partial charge in [0.15, 0.2) is 26.9 Å². The molecular formula is C23H21NO6S. The molecule has 0 atom stereocenters. The molecular weight excluding hydrogens is 418 g/mol. The average Bonchev–Trinajstić information content (AvgIpc) is 3.22. The number of furan rings is 1. The summed E-state index contributed by atoms with van der Waals surface area (Å²) in [4.78, 5) is 4.65. The highest BCUT2D eigenvalue weighted by Crippen LogP contribution is 2.42. The maximum Gasteiger partial charge on any atom is 0.203 e. The predicted octanol–water partition coefficient (Wildman–Crippen LogP) is 4.59. The molecule has 0 aliphatic rings. The first-order chi connectivity index (χ1) is 14.9. The van der Waals surface area contributed by atoms with E-state index in [2.05, 4.69) is 4.98 Å². The van der Waals surface area contributed by atoms with E-state index in [0.717, 1.165) is 16.7 Å². The van der Waals surface area contributed by atoms with E-state index in [1.165, 1.54) is 6.26 Å². The molecule has 4 rings (SSSR count). The minimum atomic E-state index is -3.33. The lowest BCUT2D eigenvalue weighted by Crippen LogP contribution is -1.96. The first-order valence-corrected chi connectivity index (χ1v) is 11.2. The average molecular weight is 439 g/mol. The summed E-state index contributed by atoms with van der Waals surface area (Å²) >= 11 is 0. The van der Waals surface area contributed by atoms with Crippen LogP contribution in [0, 0.1) is 0 Å². The Hall–Kier alpha value is -3.52. The van der Waals surface area contributed by atoms with E-state index in [-0.39, 0.29) is 4.90 Å². The molecule has 2 aromatic heterocycles. The van der Waals surface area contributed by atoms with Crippen LogP contribution in [0.1, 0.15) is 0 Å². The predicted molar refractivity (Wildman–Crippen MR) is 118 cm³/mol. The third-order valence-electron chi connectivity index (χ3n) is 4.93. The monoisotopic (exact) mass is 439 g/mol. The SMILES string of the molecule is COc1cc(-c2cc3nccc(-c4cccc(S(C)(=O)=O)c4)c3o2)cc(OC)c1OC. The number of fused-ring (bicyclic) bond motifs is 1. The van der Waals surface area contributed by atoms with E-state index >= 15 is 0 Å². The van der Waals surface area contributed by atoms with E-state index in [4.69, 9.17) is 18.6 Å². The van der Waals surface area contributed by atoms with Crippen LogP contribution in [-0.4, -0.2) is 41.0 Å². The Kier molecular flexibility index (Phi) is 5.32. The minimum Gasteiger partial charge on any atom is -0.493 e. The van der Waals surface area contributed by atoms with E-state index in [0.29, 0.717) is 34.1 Å². The van der Waals surface area contributed by atoms with Crippen molar-refractivity contribution in [2.24, 2.45) is 0 Å². The van der Waals surface area contributed by atoms with Crippen LogP contribution >= 0.6 is 0 Å². The van der Waals surface area contributed by atoms with Crippen LogP contribution in [0.4, 0.5) is 0 Å². The molecule has 160 valence electrons. The number of nitrogens with zero attached hydrogens (tertiary/aromatic N) is 1. The fourth-order valence-corrected chi connectivity index (χ4v) is 4.09. The minimum absolute atomic E-state index is 0.242. The zero-order valence-electron chi connectivity index (χ0n) is 17.5. The Morgan fingerprint density at radius 1 is 0.871 bits per heavy atom. The highest BCUT2D eigenvalue weighted by atomic mass is 32.2. The molecule has 0 aliphatic heterocycles. The van der Waals surface area contributed by atoms with Crippen molar-refractivity contribution in [2.75, 3.05) is 27.6 Å². The lowest BCUT2D eigenvalue weighted by molar-refractivity contribution is 0.324. The van der Waals surface area contributed by atoms with Gasteiger partial charge in [-0.3, -0.25) is 4.98 Å². The summed E-state index contributed by atoms with van der Waals surface area (Å²) in [6.45, 7) is 0. The Balaban J connectivity index is 1.88. The molecule has 0 fully saturated rings. The Morgan fingerprint density at radius 3 is 2.19 bits per heavy atom. The second-order valence-corrected chi connectivity index (χ2v) is 8.91. The van der Waals surface area contributed by atoms with Crippen LogP contribution < -0.4 is 14.2 Å². The first-order valence-electron chi connectivity index (χ1n) is 9.35. The molecule has 0 amide bonds. The van der Waals surface area contributed by atoms with Gasteiger partial charge in [-0.1, -0.05) is 12.1 Å². The molecule has 0 spiro atoms. The number of sulfone groups is 1. The van der Waals surface area contributed by atoms with Gasteiger partial charge in [0.25, 0.3) is 0 Å². The number of methoxy groups -OCH3 is 3. The van der Waals surface area contributed by atoms with Gasteiger partial charge in [0.1, 0.15) is 11.3 Å². The van der Waals surface area contributed by atoms with Gasteiger partial charge in [-0.15, -0.1) is 0 Å². The van der Waals surface area contributed by atoms with Crippen molar-refractivity contribution < 1.29 is 27.0 Å². The summed E-state index contributed by atoms with van der Waals surface area (Å²) in [5.74, 6) is 2.06. The number of aromatic nitrogens is 1. The number of pyridine rings is 1. The number of benzene rings is 2. The molecule has 8 heteroatoms. The molecule has 0 radical (unpaired) electrons. The molecule has 0 aliphatic carbocycles. The molecule has 0 saturated heterocycles. The van der Waals surface area contributed by atoms with Gasteiger partial charge >= 0.3 is 0 Å². The zero-order valence-corrected chi connectivity index (χ0v) is 18.3. The zero-order chi connectivity index (χ0) is 22.2. The van der Waals surface area contributed by atoms with E-state index in [1.807, 2.05) is 12.1 Å². The Labute approximate surface area is 180 Å². The van der Waals surface area contributed by atoms with E-state index in [9.17, 15) is 8.42 Å².